The molecule has 0 bridgehead atoms. The van der Waals surface area contributed by atoms with Crippen molar-refractivity contribution in [1.29, 1.82) is 0 Å². The van der Waals surface area contributed by atoms with Crippen molar-refractivity contribution in [2.75, 3.05) is 4.90 Å². The molecule has 0 saturated carbocycles. The van der Waals surface area contributed by atoms with Crippen molar-refractivity contribution in [2.24, 2.45) is 0 Å². The predicted molar refractivity (Wildman–Crippen MR) is 212 cm³/mol. The minimum absolute atomic E-state index is 0.906. The standard InChI is InChI=1S/C48H31NO/c1-2-15-38(16-3-1)49(45-19-10-14-34-12-6-7-17-40(34)45)39-26-23-33(24-27-39)36-25-28-41-43(37-22-21-32-11-4-5-13-35(32)29-37)31-47-48(44(41)30-36)42-18-8-9-20-46(42)50-47/h1-31H. The van der Waals surface area contributed by atoms with Gasteiger partial charge in [-0.15, -0.1) is 0 Å². The lowest BCUT2D eigenvalue weighted by Crippen LogP contribution is -2.10. The predicted octanol–water partition coefficient (Wildman–Crippen LogP) is 13.8. The highest BCUT2D eigenvalue weighted by molar-refractivity contribution is 6.22. The maximum absolute atomic E-state index is 6.51. The molecule has 10 rings (SSSR count). The Bertz CT molecular complexity index is 2860. The zero-order valence-corrected chi connectivity index (χ0v) is 27.3. The van der Waals surface area contributed by atoms with E-state index in [1.54, 1.807) is 0 Å². The molecule has 0 unspecified atom stereocenters. The molecule has 0 spiro atoms. The Morgan fingerprint density at radius 1 is 0.340 bits per heavy atom. The van der Waals surface area contributed by atoms with Crippen LogP contribution in [0.5, 0.6) is 0 Å². The third-order valence-electron chi connectivity index (χ3n) is 10.0. The van der Waals surface area contributed by atoms with Crippen LogP contribution < -0.4 is 4.90 Å². The Kier molecular flexibility index (Phi) is 6.53. The largest absolute Gasteiger partial charge is 0.456 e. The molecule has 9 aromatic carbocycles. The molecule has 234 valence electrons. The number of benzene rings is 9. The van der Waals surface area contributed by atoms with E-state index >= 15 is 0 Å². The highest BCUT2D eigenvalue weighted by Gasteiger charge is 2.18. The molecule has 0 aliphatic rings. The summed E-state index contributed by atoms with van der Waals surface area (Å²) in [6.45, 7) is 0. The van der Waals surface area contributed by atoms with Gasteiger partial charge in [0.2, 0.25) is 0 Å². The Morgan fingerprint density at radius 2 is 1.00 bits per heavy atom. The quantitative estimate of drug-likeness (QED) is 0.187. The summed E-state index contributed by atoms with van der Waals surface area (Å²) in [6, 6.07) is 67.5. The van der Waals surface area contributed by atoms with E-state index in [1.807, 2.05) is 6.07 Å². The Hall–Kier alpha value is -6.64. The van der Waals surface area contributed by atoms with Crippen LogP contribution in [0.15, 0.2) is 192 Å². The number of hydrogen-bond acceptors (Lipinski definition) is 2. The normalized spacial score (nSPS) is 11.6. The highest BCUT2D eigenvalue weighted by atomic mass is 16.3. The SMILES string of the molecule is c1ccc(N(c2ccc(-c3ccc4c(-c5ccc6ccccc6c5)cc5oc6ccccc6c5c4c3)cc2)c2cccc3ccccc23)cc1. The molecular weight excluding hydrogens is 607 g/mol. The van der Waals surface area contributed by atoms with Gasteiger partial charge < -0.3 is 9.32 Å². The third kappa shape index (κ3) is 4.65. The molecule has 0 N–H and O–H groups in total. The first-order valence-electron chi connectivity index (χ1n) is 17.1. The molecule has 50 heavy (non-hydrogen) atoms. The van der Waals surface area contributed by atoms with E-state index in [-0.39, 0.29) is 0 Å². The zero-order chi connectivity index (χ0) is 33.0. The zero-order valence-electron chi connectivity index (χ0n) is 27.3. The minimum Gasteiger partial charge on any atom is -0.456 e. The molecule has 0 amide bonds. The van der Waals surface area contributed by atoms with Crippen molar-refractivity contribution in [3.8, 4) is 22.3 Å². The molecule has 2 heteroatoms. The first kappa shape index (κ1) is 28.4. The van der Waals surface area contributed by atoms with E-state index in [2.05, 4.69) is 187 Å². The van der Waals surface area contributed by atoms with Crippen LogP contribution in [0.4, 0.5) is 17.1 Å². The maximum Gasteiger partial charge on any atom is 0.136 e. The summed E-state index contributed by atoms with van der Waals surface area (Å²) in [5, 5.41) is 9.61. The number of nitrogens with zero attached hydrogens (tertiary/aromatic N) is 1. The molecule has 0 aliphatic carbocycles. The molecule has 0 atom stereocenters. The third-order valence-corrected chi connectivity index (χ3v) is 10.0. The van der Waals surface area contributed by atoms with Crippen molar-refractivity contribution in [3.63, 3.8) is 0 Å². The van der Waals surface area contributed by atoms with Gasteiger partial charge in [-0.3, -0.25) is 0 Å². The summed E-state index contributed by atoms with van der Waals surface area (Å²) < 4.78 is 6.51. The van der Waals surface area contributed by atoms with Crippen LogP contribution >= 0.6 is 0 Å². The molecule has 0 radical (unpaired) electrons. The fourth-order valence-corrected chi connectivity index (χ4v) is 7.62. The van der Waals surface area contributed by atoms with Gasteiger partial charge in [0.1, 0.15) is 11.2 Å². The van der Waals surface area contributed by atoms with Gasteiger partial charge in [-0.05, 0) is 104 Å². The van der Waals surface area contributed by atoms with Gasteiger partial charge in [-0.25, -0.2) is 0 Å². The summed E-state index contributed by atoms with van der Waals surface area (Å²) in [7, 11) is 0. The van der Waals surface area contributed by atoms with Crippen LogP contribution in [0.3, 0.4) is 0 Å². The summed E-state index contributed by atoms with van der Waals surface area (Å²) in [5.41, 5.74) is 9.89. The summed E-state index contributed by atoms with van der Waals surface area (Å²) in [4.78, 5) is 2.35. The number of rotatable bonds is 5. The Labute approximate surface area is 290 Å². The molecule has 0 aliphatic heterocycles. The minimum atomic E-state index is 0.906. The van der Waals surface area contributed by atoms with E-state index in [9.17, 15) is 0 Å². The second-order valence-electron chi connectivity index (χ2n) is 12.9. The van der Waals surface area contributed by atoms with Crippen molar-refractivity contribution >= 4 is 71.3 Å². The Balaban J connectivity index is 1.13. The number of furan rings is 1. The molecule has 2 nitrogen and oxygen atoms in total. The number of hydrogen-bond donors (Lipinski definition) is 0. The van der Waals surface area contributed by atoms with Gasteiger partial charge in [0.05, 0.1) is 5.69 Å². The van der Waals surface area contributed by atoms with Crippen LogP contribution in [0.2, 0.25) is 0 Å². The second kappa shape index (κ2) is 11.5. The van der Waals surface area contributed by atoms with Gasteiger partial charge in [-0.2, -0.15) is 0 Å². The topological polar surface area (TPSA) is 16.4 Å². The van der Waals surface area contributed by atoms with Crippen molar-refractivity contribution in [1.82, 2.24) is 0 Å². The average Bonchev–Trinajstić information content (AvgIpc) is 3.57. The smallest absolute Gasteiger partial charge is 0.136 e. The number of fused-ring (bicyclic) bond motifs is 7. The summed E-state index contributed by atoms with van der Waals surface area (Å²) in [6.07, 6.45) is 0. The van der Waals surface area contributed by atoms with Crippen molar-refractivity contribution < 1.29 is 4.42 Å². The van der Waals surface area contributed by atoms with Crippen LogP contribution in [-0.4, -0.2) is 0 Å². The number of anilines is 3. The maximum atomic E-state index is 6.51. The fourth-order valence-electron chi connectivity index (χ4n) is 7.62. The Morgan fingerprint density at radius 3 is 1.86 bits per heavy atom. The molecular formula is C48H31NO. The average molecular weight is 638 g/mol. The van der Waals surface area contributed by atoms with Gasteiger partial charge >= 0.3 is 0 Å². The van der Waals surface area contributed by atoms with Crippen LogP contribution in [0.25, 0.3) is 76.5 Å². The molecule has 1 heterocycles. The van der Waals surface area contributed by atoms with E-state index in [1.165, 1.54) is 54.6 Å². The molecule has 0 saturated heterocycles. The van der Waals surface area contributed by atoms with E-state index in [0.29, 0.717) is 0 Å². The van der Waals surface area contributed by atoms with Gasteiger partial charge in [0.25, 0.3) is 0 Å². The fraction of sp³-hybridized carbons (Fsp3) is 0. The van der Waals surface area contributed by atoms with Crippen LogP contribution in [0.1, 0.15) is 0 Å². The second-order valence-corrected chi connectivity index (χ2v) is 12.9. The van der Waals surface area contributed by atoms with E-state index < -0.39 is 0 Å². The van der Waals surface area contributed by atoms with E-state index in [4.69, 9.17) is 4.42 Å². The van der Waals surface area contributed by atoms with Crippen molar-refractivity contribution in [2.45, 2.75) is 0 Å². The summed E-state index contributed by atoms with van der Waals surface area (Å²) >= 11 is 0. The van der Waals surface area contributed by atoms with Gasteiger partial charge in [0, 0.05) is 27.5 Å². The first-order chi connectivity index (χ1) is 24.8. The van der Waals surface area contributed by atoms with Gasteiger partial charge in [0.15, 0.2) is 0 Å². The van der Waals surface area contributed by atoms with E-state index in [0.717, 1.165) is 39.0 Å². The lowest BCUT2D eigenvalue weighted by atomic mass is 9.91. The van der Waals surface area contributed by atoms with Crippen LogP contribution in [0, 0.1) is 0 Å². The molecule has 0 fully saturated rings. The monoisotopic (exact) mass is 637 g/mol. The highest BCUT2D eigenvalue weighted by Crippen LogP contribution is 2.43. The lowest BCUT2D eigenvalue weighted by molar-refractivity contribution is 0.669. The summed E-state index contributed by atoms with van der Waals surface area (Å²) in [5.74, 6) is 0. The first-order valence-corrected chi connectivity index (χ1v) is 17.1. The van der Waals surface area contributed by atoms with Crippen molar-refractivity contribution in [3.05, 3.63) is 188 Å². The lowest BCUT2D eigenvalue weighted by Gasteiger charge is -2.27. The molecule has 1 aromatic heterocycles. The van der Waals surface area contributed by atoms with Crippen LogP contribution in [-0.2, 0) is 0 Å². The number of para-hydroxylation sites is 2. The molecule has 10 aromatic rings. The van der Waals surface area contributed by atoms with Gasteiger partial charge in [-0.1, -0.05) is 133 Å².